The van der Waals surface area contributed by atoms with Crippen LogP contribution in [0.5, 0.6) is 0 Å². The Morgan fingerprint density at radius 1 is 1.13 bits per heavy atom. The summed E-state index contributed by atoms with van der Waals surface area (Å²) in [6.45, 7) is 2.51. The maximum absolute atomic E-state index is 6.34. The minimum atomic E-state index is -0.179. The van der Waals surface area contributed by atoms with E-state index in [1.165, 1.54) is 0 Å². The molecule has 1 saturated heterocycles. The molecular formula is C24H20ClN3O2S. The number of hydrogen-bond donors (Lipinski definition) is 1. The van der Waals surface area contributed by atoms with Gasteiger partial charge in [-0.25, -0.2) is 0 Å². The summed E-state index contributed by atoms with van der Waals surface area (Å²) >= 11 is 12.0. The Labute approximate surface area is 190 Å². The van der Waals surface area contributed by atoms with E-state index in [1.807, 2.05) is 67.6 Å². The van der Waals surface area contributed by atoms with Gasteiger partial charge in [-0.15, -0.1) is 0 Å². The van der Waals surface area contributed by atoms with Gasteiger partial charge in [-0.1, -0.05) is 29.8 Å². The van der Waals surface area contributed by atoms with Gasteiger partial charge in [-0.05, 0) is 67.2 Å². The molecule has 7 heteroatoms. The van der Waals surface area contributed by atoms with Gasteiger partial charge in [-0.3, -0.25) is 4.98 Å². The van der Waals surface area contributed by atoms with E-state index >= 15 is 0 Å². The van der Waals surface area contributed by atoms with Gasteiger partial charge in [0.25, 0.3) is 0 Å². The van der Waals surface area contributed by atoms with Crippen molar-refractivity contribution >= 4 is 28.9 Å². The molecule has 31 heavy (non-hydrogen) atoms. The summed E-state index contributed by atoms with van der Waals surface area (Å²) in [5.41, 5.74) is 2.86. The molecule has 0 aliphatic carbocycles. The highest BCUT2D eigenvalue weighted by molar-refractivity contribution is 7.80. The van der Waals surface area contributed by atoms with Crippen LogP contribution in [0.3, 0.4) is 0 Å². The van der Waals surface area contributed by atoms with Gasteiger partial charge in [0.15, 0.2) is 5.11 Å². The quantitative estimate of drug-likeness (QED) is 0.373. The van der Waals surface area contributed by atoms with E-state index in [0.29, 0.717) is 16.7 Å². The molecule has 3 aromatic heterocycles. The third-order valence-corrected chi connectivity index (χ3v) is 6.24. The summed E-state index contributed by atoms with van der Waals surface area (Å²) in [4.78, 5) is 6.64. The lowest BCUT2D eigenvalue weighted by Crippen LogP contribution is -2.28. The van der Waals surface area contributed by atoms with Crippen molar-refractivity contribution < 1.29 is 8.83 Å². The van der Waals surface area contributed by atoms with E-state index in [-0.39, 0.29) is 12.1 Å². The molecule has 0 bridgehead atoms. The molecule has 1 aromatic carbocycles. The first-order valence-electron chi connectivity index (χ1n) is 9.97. The number of rotatable bonds is 5. The number of benzene rings is 1. The van der Waals surface area contributed by atoms with Crippen LogP contribution in [0.25, 0.3) is 11.3 Å². The molecule has 1 aliphatic rings. The third-order valence-electron chi connectivity index (χ3n) is 5.48. The Hall–Kier alpha value is -3.09. The summed E-state index contributed by atoms with van der Waals surface area (Å²) in [6, 6.07) is 19.2. The molecule has 2 atom stereocenters. The lowest BCUT2D eigenvalue weighted by molar-refractivity contribution is 0.253. The maximum atomic E-state index is 6.34. The zero-order chi connectivity index (χ0) is 21.4. The molecule has 0 saturated carbocycles. The van der Waals surface area contributed by atoms with Crippen molar-refractivity contribution in [3.8, 4) is 11.3 Å². The second kappa shape index (κ2) is 8.21. The monoisotopic (exact) mass is 449 g/mol. The maximum Gasteiger partial charge on any atom is 0.170 e. The van der Waals surface area contributed by atoms with Gasteiger partial charge >= 0.3 is 0 Å². The molecule has 1 N–H and O–H groups in total. The SMILES string of the molecule is Cc1ccc(-c2ccc([C@H]3[C@H](c4ccccn4)NC(=S)N3Cc3ccco3)o2)cc1Cl. The number of nitrogens with zero attached hydrogens (tertiary/aromatic N) is 2. The van der Waals surface area contributed by atoms with Crippen molar-refractivity contribution in [1.29, 1.82) is 0 Å². The van der Waals surface area contributed by atoms with Crippen molar-refractivity contribution in [2.75, 3.05) is 0 Å². The van der Waals surface area contributed by atoms with Gasteiger partial charge in [0.05, 0.1) is 24.5 Å². The summed E-state index contributed by atoms with van der Waals surface area (Å²) in [6.07, 6.45) is 3.45. The molecular weight excluding hydrogens is 430 g/mol. The largest absolute Gasteiger partial charge is 0.467 e. The zero-order valence-corrected chi connectivity index (χ0v) is 18.4. The van der Waals surface area contributed by atoms with Gasteiger partial charge < -0.3 is 19.1 Å². The number of aryl methyl sites for hydroxylation is 1. The smallest absolute Gasteiger partial charge is 0.170 e. The molecule has 5 rings (SSSR count). The third kappa shape index (κ3) is 3.84. The minimum Gasteiger partial charge on any atom is -0.467 e. The van der Waals surface area contributed by atoms with E-state index in [0.717, 1.165) is 34.1 Å². The molecule has 5 nitrogen and oxygen atoms in total. The van der Waals surface area contributed by atoms with Crippen molar-refractivity contribution in [2.45, 2.75) is 25.6 Å². The Balaban J connectivity index is 1.54. The topological polar surface area (TPSA) is 54.4 Å². The zero-order valence-electron chi connectivity index (χ0n) is 16.8. The fourth-order valence-electron chi connectivity index (χ4n) is 3.87. The van der Waals surface area contributed by atoms with Crippen LogP contribution in [0.15, 0.2) is 82.0 Å². The van der Waals surface area contributed by atoms with Crippen LogP contribution < -0.4 is 5.32 Å². The van der Waals surface area contributed by atoms with Crippen LogP contribution in [0.2, 0.25) is 5.02 Å². The fourth-order valence-corrected chi connectivity index (χ4v) is 4.35. The lowest BCUT2D eigenvalue weighted by atomic mass is 10.0. The Bertz CT molecular complexity index is 1210. The van der Waals surface area contributed by atoms with Crippen LogP contribution in [0.4, 0.5) is 0 Å². The van der Waals surface area contributed by atoms with Gasteiger partial charge in [0.2, 0.25) is 0 Å². The Kier molecular flexibility index (Phi) is 5.26. The number of aromatic nitrogens is 1. The lowest BCUT2D eigenvalue weighted by Gasteiger charge is -2.25. The average Bonchev–Trinajstić information content (AvgIpc) is 3.52. The average molecular weight is 450 g/mol. The number of halogens is 1. The summed E-state index contributed by atoms with van der Waals surface area (Å²) in [5, 5.41) is 4.76. The summed E-state index contributed by atoms with van der Waals surface area (Å²) in [7, 11) is 0. The number of nitrogens with one attached hydrogen (secondary N) is 1. The molecule has 0 amide bonds. The van der Waals surface area contributed by atoms with Gasteiger partial charge in [0, 0.05) is 16.8 Å². The van der Waals surface area contributed by atoms with Crippen molar-refractivity contribution in [2.24, 2.45) is 0 Å². The second-order valence-corrected chi connectivity index (χ2v) is 8.29. The minimum absolute atomic E-state index is 0.149. The number of thiocarbonyl (C=S) groups is 1. The molecule has 4 aromatic rings. The van der Waals surface area contributed by atoms with Crippen molar-refractivity contribution in [1.82, 2.24) is 15.2 Å². The molecule has 0 radical (unpaired) electrons. The first kappa shape index (κ1) is 19.8. The van der Waals surface area contributed by atoms with Crippen LogP contribution >= 0.6 is 23.8 Å². The standard InChI is InChI=1S/C24H20ClN3O2S/c1-15-7-8-16(13-18(15)25)20-9-10-21(30-20)23-22(19-6-2-3-11-26-19)27-24(31)28(23)14-17-5-4-12-29-17/h2-13,22-23H,14H2,1H3,(H,27,31)/t22-,23-/m0/s1. The van der Waals surface area contributed by atoms with Crippen LogP contribution in [-0.4, -0.2) is 15.0 Å². The Morgan fingerprint density at radius 2 is 2.03 bits per heavy atom. The molecule has 1 fully saturated rings. The predicted molar refractivity (Wildman–Crippen MR) is 124 cm³/mol. The Morgan fingerprint density at radius 3 is 2.77 bits per heavy atom. The summed E-state index contributed by atoms with van der Waals surface area (Å²) < 4.78 is 11.9. The van der Waals surface area contributed by atoms with Crippen LogP contribution in [0.1, 0.15) is 34.9 Å². The van der Waals surface area contributed by atoms with Crippen molar-refractivity contribution in [3.05, 3.63) is 101 Å². The van der Waals surface area contributed by atoms with Gasteiger partial charge in [0.1, 0.15) is 23.3 Å². The number of pyridine rings is 1. The van der Waals surface area contributed by atoms with Crippen LogP contribution in [0, 0.1) is 6.92 Å². The molecule has 0 unspecified atom stereocenters. The molecule has 0 spiro atoms. The van der Waals surface area contributed by atoms with E-state index < -0.39 is 0 Å². The predicted octanol–water partition coefficient (Wildman–Crippen LogP) is 6.07. The van der Waals surface area contributed by atoms with E-state index in [2.05, 4.69) is 15.2 Å². The second-order valence-electron chi connectivity index (χ2n) is 7.50. The van der Waals surface area contributed by atoms with Crippen molar-refractivity contribution in [3.63, 3.8) is 0 Å². The highest BCUT2D eigenvalue weighted by atomic mass is 35.5. The molecule has 1 aliphatic heterocycles. The highest BCUT2D eigenvalue weighted by Crippen LogP contribution is 2.41. The molecule has 156 valence electrons. The normalized spacial score (nSPS) is 18.4. The number of furan rings is 2. The van der Waals surface area contributed by atoms with E-state index in [4.69, 9.17) is 32.7 Å². The van der Waals surface area contributed by atoms with Crippen LogP contribution in [-0.2, 0) is 6.54 Å². The van der Waals surface area contributed by atoms with Gasteiger partial charge in [-0.2, -0.15) is 0 Å². The summed E-state index contributed by atoms with van der Waals surface area (Å²) in [5.74, 6) is 2.38. The van der Waals surface area contributed by atoms with E-state index in [1.54, 1.807) is 12.5 Å². The first-order valence-corrected chi connectivity index (χ1v) is 10.8. The fraction of sp³-hybridized carbons (Fsp3) is 0.167. The number of hydrogen-bond acceptors (Lipinski definition) is 4. The first-order chi connectivity index (χ1) is 15.1. The molecule has 4 heterocycles. The van der Waals surface area contributed by atoms with E-state index in [9.17, 15) is 0 Å². The highest BCUT2D eigenvalue weighted by Gasteiger charge is 2.42.